The minimum absolute atomic E-state index is 0.656. The Morgan fingerprint density at radius 3 is 2.65 bits per heavy atom. The van der Waals surface area contributed by atoms with Crippen LogP contribution in [0.25, 0.3) is 0 Å². The van der Waals surface area contributed by atoms with Crippen molar-refractivity contribution in [2.24, 2.45) is 0 Å². The van der Waals surface area contributed by atoms with Crippen molar-refractivity contribution in [3.05, 3.63) is 35.9 Å². The lowest BCUT2D eigenvalue weighted by molar-refractivity contribution is 0.462. The predicted molar refractivity (Wildman–Crippen MR) is 95.0 cm³/mol. The fraction of sp³-hybridized carbons (Fsp3) is 0.647. The second-order valence-electron chi connectivity index (χ2n) is 5.50. The Labute approximate surface area is 132 Å². The van der Waals surface area contributed by atoms with Crippen LogP contribution < -0.4 is 5.32 Å². The summed E-state index contributed by atoms with van der Waals surface area (Å²) in [5.74, 6) is 2.64. The highest BCUT2D eigenvalue weighted by molar-refractivity contribution is 8.07. The van der Waals surface area contributed by atoms with Crippen molar-refractivity contribution in [3.8, 4) is 0 Å². The lowest BCUT2D eigenvalue weighted by atomic mass is 10.0. The molecule has 0 amide bonds. The van der Waals surface area contributed by atoms with Gasteiger partial charge in [0.1, 0.15) is 0 Å². The zero-order valence-corrected chi connectivity index (χ0v) is 14.3. The van der Waals surface area contributed by atoms with Crippen molar-refractivity contribution in [1.29, 1.82) is 0 Å². The summed E-state index contributed by atoms with van der Waals surface area (Å²) in [6.45, 7) is 5.81. The van der Waals surface area contributed by atoms with E-state index in [2.05, 4.69) is 73.0 Å². The van der Waals surface area contributed by atoms with Gasteiger partial charge in [0.05, 0.1) is 0 Å². The summed E-state index contributed by atoms with van der Waals surface area (Å²) < 4.78 is 0. The molecule has 0 spiro atoms. The third-order valence-electron chi connectivity index (χ3n) is 3.88. The van der Waals surface area contributed by atoms with E-state index in [0.29, 0.717) is 6.04 Å². The van der Waals surface area contributed by atoms with Crippen LogP contribution in [-0.2, 0) is 6.42 Å². The van der Waals surface area contributed by atoms with Gasteiger partial charge in [-0.15, -0.1) is 0 Å². The van der Waals surface area contributed by atoms with Crippen LogP contribution in [0.4, 0.5) is 0 Å². The summed E-state index contributed by atoms with van der Waals surface area (Å²) in [4.78, 5) is 0. The van der Waals surface area contributed by atoms with Crippen LogP contribution in [-0.4, -0.2) is 34.6 Å². The van der Waals surface area contributed by atoms with E-state index in [9.17, 15) is 0 Å². The predicted octanol–water partition coefficient (Wildman–Crippen LogP) is 4.22. The summed E-state index contributed by atoms with van der Waals surface area (Å²) in [6, 6.07) is 11.6. The molecular weight excluding hydrogens is 282 g/mol. The van der Waals surface area contributed by atoms with Gasteiger partial charge in [-0.05, 0) is 31.4 Å². The van der Waals surface area contributed by atoms with Gasteiger partial charge in [-0.25, -0.2) is 0 Å². The van der Waals surface area contributed by atoms with Gasteiger partial charge in [0, 0.05) is 28.0 Å². The number of nitrogens with one attached hydrogen (secondary N) is 1. The molecule has 3 heteroatoms. The van der Waals surface area contributed by atoms with Crippen LogP contribution in [0.15, 0.2) is 30.3 Å². The maximum absolute atomic E-state index is 3.81. The van der Waals surface area contributed by atoms with Gasteiger partial charge in [-0.2, -0.15) is 23.5 Å². The van der Waals surface area contributed by atoms with E-state index in [4.69, 9.17) is 0 Å². The van der Waals surface area contributed by atoms with Gasteiger partial charge < -0.3 is 5.32 Å². The Morgan fingerprint density at radius 1 is 1.20 bits per heavy atom. The van der Waals surface area contributed by atoms with E-state index in [-0.39, 0.29) is 0 Å². The van der Waals surface area contributed by atoms with Crippen LogP contribution >= 0.6 is 23.5 Å². The maximum Gasteiger partial charge on any atom is 0.0317 e. The summed E-state index contributed by atoms with van der Waals surface area (Å²) in [6.07, 6.45) is 3.67. The second kappa shape index (κ2) is 9.01. The van der Waals surface area contributed by atoms with E-state index in [1.807, 2.05) is 0 Å². The first-order chi connectivity index (χ1) is 9.81. The zero-order chi connectivity index (χ0) is 14.2. The van der Waals surface area contributed by atoms with E-state index in [0.717, 1.165) is 17.0 Å². The highest BCUT2D eigenvalue weighted by Gasteiger charge is 2.29. The van der Waals surface area contributed by atoms with Crippen molar-refractivity contribution in [1.82, 2.24) is 5.32 Å². The summed E-state index contributed by atoms with van der Waals surface area (Å²) in [7, 11) is 0. The molecule has 0 radical (unpaired) electrons. The van der Waals surface area contributed by atoms with Gasteiger partial charge in [0.15, 0.2) is 0 Å². The normalized spacial score (nSPS) is 24.5. The third-order valence-corrected chi connectivity index (χ3v) is 7.13. The summed E-state index contributed by atoms with van der Waals surface area (Å²) in [5, 5.41) is 5.35. The molecule has 3 atom stereocenters. The van der Waals surface area contributed by atoms with Crippen LogP contribution in [0.3, 0.4) is 0 Å². The molecule has 1 fully saturated rings. The standard InChI is InChI=1S/C17H27NS2/c1-3-11-18-16(17-14(2)19-12-13-20-17)10-9-15-7-5-4-6-8-15/h4-8,14,16-18H,3,9-13H2,1-2H3. The number of rotatable bonds is 7. The van der Waals surface area contributed by atoms with Crippen LogP contribution in [0.5, 0.6) is 0 Å². The number of aryl methyl sites for hydroxylation is 1. The van der Waals surface area contributed by atoms with Gasteiger partial charge in [-0.3, -0.25) is 0 Å². The highest BCUT2D eigenvalue weighted by Crippen LogP contribution is 2.34. The van der Waals surface area contributed by atoms with E-state index < -0.39 is 0 Å². The average Bonchev–Trinajstić information content (AvgIpc) is 2.49. The quantitative estimate of drug-likeness (QED) is 0.810. The molecule has 2 rings (SSSR count). The molecule has 1 N–H and O–H groups in total. The number of hydrogen-bond acceptors (Lipinski definition) is 3. The third kappa shape index (κ3) is 5.01. The minimum atomic E-state index is 0.656. The van der Waals surface area contributed by atoms with Gasteiger partial charge >= 0.3 is 0 Å². The van der Waals surface area contributed by atoms with Crippen LogP contribution in [0.2, 0.25) is 0 Å². The van der Waals surface area contributed by atoms with Gasteiger partial charge in [-0.1, -0.05) is 44.2 Å². The van der Waals surface area contributed by atoms with E-state index >= 15 is 0 Å². The number of thioether (sulfide) groups is 2. The molecule has 0 aliphatic carbocycles. The van der Waals surface area contributed by atoms with Gasteiger partial charge in [0.25, 0.3) is 0 Å². The lowest BCUT2D eigenvalue weighted by Gasteiger charge is -2.35. The SMILES string of the molecule is CCCNC(CCc1ccccc1)C1SCCSC1C. The second-order valence-corrected chi connectivity index (χ2v) is 8.27. The first-order valence-electron chi connectivity index (χ1n) is 7.81. The van der Waals surface area contributed by atoms with E-state index in [1.165, 1.54) is 36.3 Å². The van der Waals surface area contributed by atoms with Gasteiger partial charge in [0.2, 0.25) is 0 Å². The molecule has 1 nitrogen and oxygen atoms in total. The molecule has 1 heterocycles. The Bertz CT molecular complexity index is 369. The number of benzene rings is 1. The first-order valence-corrected chi connectivity index (χ1v) is 9.91. The molecule has 0 bridgehead atoms. The molecule has 20 heavy (non-hydrogen) atoms. The van der Waals surface area contributed by atoms with Crippen LogP contribution in [0, 0.1) is 0 Å². The largest absolute Gasteiger partial charge is 0.313 e. The van der Waals surface area contributed by atoms with Crippen molar-refractivity contribution in [2.45, 2.75) is 49.7 Å². The minimum Gasteiger partial charge on any atom is -0.313 e. The zero-order valence-electron chi connectivity index (χ0n) is 12.7. The van der Waals surface area contributed by atoms with Crippen LogP contribution in [0.1, 0.15) is 32.3 Å². The fourth-order valence-electron chi connectivity index (χ4n) is 2.77. The van der Waals surface area contributed by atoms with Crippen molar-refractivity contribution < 1.29 is 0 Å². The average molecular weight is 310 g/mol. The summed E-state index contributed by atoms with van der Waals surface area (Å²) >= 11 is 4.33. The molecule has 3 unspecified atom stereocenters. The van der Waals surface area contributed by atoms with Crippen molar-refractivity contribution >= 4 is 23.5 Å². The number of hydrogen-bond donors (Lipinski definition) is 1. The molecule has 112 valence electrons. The fourth-order valence-corrected chi connectivity index (χ4v) is 5.77. The lowest BCUT2D eigenvalue weighted by Crippen LogP contribution is -2.44. The van der Waals surface area contributed by atoms with E-state index in [1.54, 1.807) is 0 Å². The Hall–Kier alpha value is -0.120. The molecule has 1 aromatic carbocycles. The molecule has 1 saturated heterocycles. The Kier molecular flexibility index (Phi) is 7.32. The Balaban J connectivity index is 1.92. The first kappa shape index (κ1) is 16.3. The molecule has 1 aliphatic rings. The van der Waals surface area contributed by atoms with Crippen molar-refractivity contribution in [3.63, 3.8) is 0 Å². The molecular formula is C17H27NS2. The smallest absolute Gasteiger partial charge is 0.0317 e. The monoisotopic (exact) mass is 309 g/mol. The topological polar surface area (TPSA) is 12.0 Å². The molecule has 1 aliphatic heterocycles. The molecule has 0 saturated carbocycles. The Morgan fingerprint density at radius 2 is 1.95 bits per heavy atom. The summed E-state index contributed by atoms with van der Waals surface area (Å²) in [5.41, 5.74) is 1.47. The molecule has 1 aromatic rings. The molecule has 0 aromatic heterocycles. The maximum atomic E-state index is 3.81. The van der Waals surface area contributed by atoms with Crippen molar-refractivity contribution in [2.75, 3.05) is 18.1 Å². The highest BCUT2D eigenvalue weighted by atomic mass is 32.2.